The van der Waals surface area contributed by atoms with Crippen molar-refractivity contribution in [2.75, 3.05) is 7.11 Å². The van der Waals surface area contributed by atoms with Crippen LogP contribution in [0.4, 0.5) is 0 Å². The lowest BCUT2D eigenvalue weighted by molar-refractivity contribution is 0.144. The van der Waals surface area contributed by atoms with Gasteiger partial charge in [-0.05, 0) is 48.9 Å². The van der Waals surface area contributed by atoms with Crippen LogP contribution in [0.15, 0.2) is 43.2 Å². The van der Waals surface area contributed by atoms with Gasteiger partial charge in [0.05, 0.1) is 23.9 Å². The highest BCUT2D eigenvalue weighted by molar-refractivity contribution is 6.35. The smallest absolute Gasteiger partial charge is 0.125 e. The molecule has 30 heavy (non-hydrogen) atoms. The van der Waals surface area contributed by atoms with E-state index in [1.807, 2.05) is 18.2 Å². The molecule has 1 aliphatic heterocycles. The minimum Gasteiger partial charge on any atom is -0.497 e. The zero-order chi connectivity index (χ0) is 21.3. The number of halogens is 2. The van der Waals surface area contributed by atoms with Crippen molar-refractivity contribution < 1.29 is 9.47 Å². The normalized spacial score (nSPS) is 17.3. The van der Waals surface area contributed by atoms with Crippen LogP contribution in [0.25, 0.3) is 11.0 Å². The van der Waals surface area contributed by atoms with Crippen molar-refractivity contribution in [3.63, 3.8) is 0 Å². The van der Waals surface area contributed by atoms with Crippen LogP contribution in [0, 0.1) is 0 Å². The monoisotopic (exact) mass is 444 g/mol. The van der Waals surface area contributed by atoms with Gasteiger partial charge < -0.3 is 14.0 Å². The van der Waals surface area contributed by atoms with E-state index in [9.17, 15) is 0 Å². The van der Waals surface area contributed by atoms with Crippen molar-refractivity contribution in [2.24, 2.45) is 0 Å². The van der Waals surface area contributed by atoms with Gasteiger partial charge in [0.25, 0.3) is 0 Å². The maximum absolute atomic E-state index is 6.59. The summed E-state index contributed by atoms with van der Waals surface area (Å²) < 4.78 is 13.4. The van der Waals surface area contributed by atoms with Gasteiger partial charge in [-0.25, -0.2) is 4.98 Å². The maximum Gasteiger partial charge on any atom is 0.125 e. The fourth-order valence-corrected chi connectivity index (χ4v) is 5.01. The van der Waals surface area contributed by atoms with Crippen LogP contribution in [0.2, 0.25) is 10.0 Å². The van der Waals surface area contributed by atoms with Gasteiger partial charge in [0.2, 0.25) is 0 Å². The number of nitrogens with zero attached hydrogens (tertiary/aromatic N) is 2. The molecule has 158 valence electrons. The molecular weight excluding hydrogens is 419 g/mol. The van der Waals surface area contributed by atoms with Crippen LogP contribution in [-0.4, -0.2) is 16.7 Å². The van der Waals surface area contributed by atoms with Crippen LogP contribution < -0.4 is 4.74 Å². The highest BCUT2D eigenvalue weighted by Gasteiger charge is 2.26. The number of methoxy groups -OCH3 is 1. The molecular formula is C24H26Cl2N2O2. The number of hydrogen-bond acceptors (Lipinski definition) is 3. The summed E-state index contributed by atoms with van der Waals surface area (Å²) >= 11 is 13.1. The summed E-state index contributed by atoms with van der Waals surface area (Å²) in [5.74, 6) is 2.12. The molecule has 2 unspecified atom stereocenters. The Morgan fingerprint density at radius 2 is 2.10 bits per heavy atom. The van der Waals surface area contributed by atoms with Gasteiger partial charge >= 0.3 is 0 Å². The van der Waals surface area contributed by atoms with E-state index < -0.39 is 0 Å². The van der Waals surface area contributed by atoms with Crippen LogP contribution in [0.3, 0.4) is 0 Å². The predicted octanol–water partition coefficient (Wildman–Crippen LogP) is 7.08. The third-order valence-electron chi connectivity index (χ3n) is 5.94. The van der Waals surface area contributed by atoms with E-state index in [-0.39, 0.29) is 6.10 Å². The molecule has 0 radical (unpaired) electrons. The fraction of sp³-hybridized carbons (Fsp3) is 0.375. The van der Waals surface area contributed by atoms with Crippen molar-refractivity contribution in [1.29, 1.82) is 0 Å². The molecule has 6 heteroatoms. The second-order valence-electron chi connectivity index (χ2n) is 7.64. The first-order valence-electron chi connectivity index (χ1n) is 10.3. The number of hydrogen-bond donors (Lipinski definition) is 0. The molecule has 2 atom stereocenters. The summed E-state index contributed by atoms with van der Waals surface area (Å²) in [7, 11) is 1.65. The van der Waals surface area contributed by atoms with Crippen molar-refractivity contribution in [2.45, 2.75) is 51.2 Å². The summed E-state index contributed by atoms with van der Waals surface area (Å²) in [5, 5.41) is 1.41. The number of fused-ring (bicyclic) bond motifs is 3. The lowest BCUT2D eigenvalue weighted by Crippen LogP contribution is -2.07. The highest BCUT2D eigenvalue weighted by Crippen LogP contribution is 2.39. The minimum atomic E-state index is -0.0712. The number of benzene rings is 2. The zero-order valence-electron chi connectivity index (χ0n) is 17.3. The van der Waals surface area contributed by atoms with E-state index in [1.165, 1.54) is 6.26 Å². The topological polar surface area (TPSA) is 36.3 Å². The molecule has 0 N–H and O–H groups in total. The van der Waals surface area contributed by atoms with Gasteiger partial charge in [-0.15, -0.1) is 0 Å². The number of ether oxygens (including phenoxy) is 2. The first-order chi connectivity index (χ1) is 14.6. The van der Waals surface area contributed by atoms with Gasteiger partial charge in [-0.3, -0.25) is 0 Å². The Kier molecular flexibility index (Phi) is 6.26. The van der Waals surface area contributed by atoms with Gasteiger partial charge in [-0.1, -0.05) is 48.8 Å². The number of imidazole rings is 1. The minimum absolute atomic E-state index is 0.0712. The van der Waals surface area contributed by atoms with E-state index in [1.54, 1.807) is 7.11 Å². The number of aromatic nitrogens is 2. The first kappa shape index (κ1) is 21.1. The predicted molar refractivity (Wildman–Crippen MR) is 123 cm³/mol. The Hall–Kier alpha value is -2.17. The van der Waals surface area contributed by atoms with Gasteiger partial charge in [0.15, 0.2) is 0 Å². The first-order valence-corrected chi connectivity index (χ1v) is 11.1. The van der Waals surface area contributed by atoms with Crippen LogP contribution in [0.1, 0.15) is 55.2 Å². The van der Waals surface area contributed by atoms with Gasteiger partial charge in [0.1, 0.15) is 23.2 Å². The summed E-state index contributed by atoms with van der Waals surface area (Å²) in [4.78, 5) is 4.97. The zero-order valence-corrected chi connectivity index (χ0v) is 18.8. The van der Waals surface area contributed by atoms with Crippen LogP contribution in [0.5, 0.6) is 5.75 Å². The van der Waals surface area contributed by atoms with Gasteiger partial charge in [0, 0.05) is 23.6 Å². The summed E-state index contributed by atoms with van der Waals surface area (Å²) in [5.41, 5.74) is 4.17. The molecule has 0 spiro atoms. The molecule has 0 saturated heterocycles. The van der Waals surface area contributed by atoms with E-state index in [0.717, 1.165) is 71.0 Å². The van der Waals surface area contributed by atoms with Crippen molar-refractivity contribution >= 4 is 34.2 Å². The van der Waals surface area contributed by atoms with Gasteiger partial charge in [-0.2, -0.15) is 0 Å². The lowest BCUT2D eigenvalue weighted by Gasteiger charge is -2.18. The summed E-state index contributed by atoms with van der Waals surface area (Å²) in [6, 6.07) is 9.91. The molecule has 2 aromatic carbocycles. The molecule has 1 aliphatic rings. The highest BCUT2D eigenvalue weighted by atomic mass is 35.5. The summed E-state index contributed by atoms with van der Waals surface area (Å²) in [6.45, 7) is 6.74. The molecule has 4 rings (SSSR count). The quantitative estimate of drug-likeness (QED) is 0.380. The Morgan fingerprint density at radius 3 is 2.80 bits per heavy atom. The molecule has 0 bridgehead atoms. The maximum atomic E-state index is 6.59. The van der Waals surface area contributed by atoms with E-state index in [0.29, 0.717) is 10.9 Å². The Bertz CT molecular complexity index is 1080. The number of rotatable bonds is 6. The van der Waals surface area contributed by atoms with Crippen molar-refractivity contribution in [3.8, 4) is 5.75 Å². The third-order valence-corrected chi connectivity index (χ3v) is 6.58. The lowest BCUT2D eigenvalue weighted by atomic mass is 9.91. The second kappa shape index (κ2) is 8.91. The average Bonchev–Trinajstić information content (AvgIpc) is 2.98. The van der Waals surface area contributed by atoms with Crippen molar-refractivity contribution in [3.05, 3.63) is 70.2 Å². The second-order valence-corrected chi connectivity index (χ2v) is 8.46. The standard InChI is InChI=1S/C24H26Cl2N2O2/c1-4-21(30-5-2)18-10-11-19(25)23-24(18)28-12-6-7-15(13-22(28)27-23)17-9-8-16(29-3)14-20(17)26/h5,8-11,14-15,21H,2,4,6-7,12-13H2,1,3H3. The molecule has 0 aliphatic carbocycles. The Labute approximate surface area is 187 Å². The molecule has 4 nitrogen and oxygen atoms in total. The molecule has 3 aromatic rings. The summed E-state index contributed by atoms with van der Waals surface area (Å²) in [6.07, 6.45) is 5.18. The van der Waals surface area contributed by atoms with Crippen LogP contribution >= 0.6 is 23.2 Å². The van der Waals surface area contributed by atoms with E-state index in [2.05, 4.69) is 30.2 Å². The average molecular weight is 445 g/mol. The molecule has 0 amide bonds. The molecule has 0 saturated carbocycles. The Balaban J connectivity index is 1.79. The third kappa shape index (κ3) is 3.79. The fourth-order valence-electron chi connectivity index (χ4n) is 4.49. The molecule has 2 heterocycles. The van der Waals surface area contributed by atoms with E-state index >= 15 is 0 Å². The molecule has 0 fully saturated rings. The Morgan fingerprint density at radius 1 is 1.27 bits per heavy atom. The van der Waals surface area contributed by atoms with Crippen LogP contribution in [-0.2, 0) is 17.7 Å². The van der Waals surface area contributed by atoms with E-state index in [4.69, 9.17) is 37.7 Å². The largest absolute Gasteiger partial charge is 0.497 e. The molecule has 1 aromatic heterocycles. The number of aryl methyl sites for hydroxylation is 1. The SMILES string of the molecule is C=COC(CC)c1ccc(Cl)c2nc3n(c12)CCCC(c1ccc(OC)cc1Cl)C3. The van der Waals surface area contributed by atoms with Crippen molar-refractivity contribution in [1.82, 2.24) is 9.55 Å².